The molecule has 1 amide bonds. The molecule has 2 aromatic carbocycles. The first kappa shape index (κ1) is 27.8. The minimum atomic E-state index is -4.09. The number of nitrogens with zero attached hydrogens (tertiary/aromatic N) is 5. The van der Waals surface area contributed by atoms with E-state index < -0.39 is 10.0 Å². The number of fused-ring (bicyclic) bond motifs is 5. The van der Waals surface area contributed by atoms with Crippen molar-refractivity contribution < 1.29 is 17.9 Å². The van der Waals surface area contributed by atoms with Crippen molar-refractivity contribution in [2.75, 3.05) is 31.0 Å². The Morgan fingerprint density at radius 2 is 1.76 bits per heavy atom. The highest BCUT2D eigenvalue weighted by Crippen LogP contribution is 2.30. The van der Waals surface area contributed by atoms with E-state index in [4.69, 9.17) is 4.74 Å². The van der Waals surface area contributed by atoms with Gasteiger partial charge in [-0.3, -0.25) is 14.7 Å². The van der Waals surface area contributed by atoms with Crippen LogP contribution >= 0.6 is 0 Å². The summed E-state index contributed by atoms with van der Waals surface area (Å²) in [5, 5.41) is 0. The van der Waals surface area contributed by atoms with Crippen LogP contribution in [0.4, 0.5) is 5.95 Å². The normalized spacial score (nSPS) is 18.5. The molecule has 42 heavy (non-hydrogen) atoms. The Labute approximate surface area is 245 Å². The van der Waals surface area contributed by atoms with Gasteiger partial charge in [0.05, 0.1) is 16.6 Å². The van der Waals surface area contributed by atoms with E-state index in [-0.39, 0.29) is 35.3 Å². The smallest absolute Gasteiger partial charge is 0.264 e. The highest BCUT2D eigenvalue weighted by Gasteiger charge is 2.33. The molecule has 0 aliphatic carbocycles. The lowest BCUT2D eigenvalue weighted by Crippen LogP contribution is -2.57. The van der Waals surface area contributed by atoms with E-state index >= 15 is 0 Å². The summed E-state index contributed by atoms with van der Waals surface area (Å²) in [5.41, 5.74) is 5.75. The second kappa shape index (κ2) is 11.1. The third-order valence-electron chi connectivity index (χ3n) is 7.69. The minimum absolute atomic E-state index is 0.0433. The van der Waals surface area contributed by atoms with Crippen molar-refractivity contribution in [2.45, 2.75) is 38.3 Å². The summed E-state index contributed by atoms with van der Waals surface area (Å²) in [7, 11) is -4.09. The van der Waals surface area contributed by atoms with Gasteiger partial charge in [0.15, 0.2) is 0 Å². The number of amides is 1. The lowest BCUT2D eigenvalue weighted by molar-refractivity contribution is 0.0310. The predicted octanol–water partition coefficient (Wildman–Crippen LogP) is 3.98. The van der Waals surface area contributed by atoms with Gasteiger partial charge >= 0.3 is 0 Å². The molecule has 6 rings (SSSR count). The average Bonchev–Trinajstić information content (AvgIpc) is 2.96. The van der Waals surface area contributed by atoms with Gasteiger partial charge in [-0.1, -0.05) is 30.3 Å². The number of hydrogen-bond acceptors (Lipinski definition) is 8. The number of rotatable bonds is 3. The Morgan fingerprint density at radius 3 is 2.52 bits per heavy atom. The third-order valence-corrected chi connectivity index (χ3v) is 9.01. The van der Waals surface area contributed by atoms with Crippen molar-refractivity contribution in [1.29, 1.82) is 0 Å². The molecule has 4 heterocycles. The predicted molar refractivity (Wildman–Crippen MR) is 159 cm³/mol. The van der Waals surface area contributed by atoms with Crippen molar-refractivity contribution in [2.24, 2.45) is 0 Å². The summed E-state index contributed by atoms with van der Waals surface area (Å²) in [6.45, 7) is 8.46. The number of ether oxygens (including phenoxy) is 1. The molecule has 4 bridgehead atoms. The first-order chi connectivity index (χ1) is 20.2. The van der Waals surface area contributed by atoms with E-state index in [1.807, 2.05) is 51.2 Å². The largest absolute Gasteiger partial charge is 0.475 e. The number of hydrogen-bond donors (Lipinski definition) is 1. The Bertz CT molecular complexity index is 1740. The zero-order valence-corrected chi connectivity index (χ0v) is 24.6. The summed E-state index contributed by atoms with van der Waals surface area (Å²) in [6, 6.07) is 17.5. The Balaban J connectivity index is 1.40. The molecule has 1 saturated heterocycles. The number of carbonyl (C=O) groups is 1. The molecule has 10 nitrogen and oxygen atoms in total. The lowest BCUT2D eigenvalue weighted by atomic mass is 10.00. The van der Waals surface area contributed by atoms with E-state index in [2.05, 4.69) is 30.6 Å². The van der Waals surface area contributed by atoms with Gasteiger partial charge in [0.25, 0.3) is 15.9 Å². The van der Waals surface area contributed by atoms with Crippen LogP contribution < -0.4 is 9.46 Å². The van der Waals surface area contributed by atoms with Crippen LogP contribution in [-0.2, 0) is 16.6 Å². The summed E-state index contributed by atoms with van der Waals surface area (Å²) in [6.07, 6.45) is 1.88. The fraction of sp³-hybridized carbons (Fsp3) is 0.290. The number of pyridine rings is 1. The number of piperazine rings is 1. The molecular weight excluding hydrogens is 552 g/mol. The van der Waals surface area contributed by atoms with Crippen molar-refractivity contribution in [3.63, 3.8) is 0 Å². The number of benzene rings is 2. The quantitative estimate of drug-likeness (QED) is 0.384. The second-order valence-electron chi connectivity index (χ2n) is 10.8. The molecule has 0 radical (unpaired) electrons. The molecular formula is C31H32N6O4S. The van der Waals surface area contributed by atoms with E-state index in [1.165, 1.54) is 12.1 Å². The van der Waals surface area contributed by atoms with Crippen LogP contribution in [0.5, 0.6) is 5.88 Å². The van der Waals surface area contributed by atoms with Gasteiger partial charge in [-0.2, -0.15) is 4.98 Å². The van der Waals surface area contributed by atoms with E-state index in [0.717, 1.165) is 27.9 Å². The fourth-order valence-corrected chi connectivity index (χ4v) is 6.53. The molecule has 2 aliphatic rings. The summed E-state index contributed by atoms with van der Waals surface area (Å²) < 4.78 is 35.6. The highest BCUT2D eigenvalue weighted by atomic mass is 32.2. The monoisotopic (exact) mass is 584 g/mol. The van der Waals surface area contributed by atoms with Crippen LogP contribution in [0.3, 0.4) is 0 Å². The Kier molecular flexibility index (Phi) is 7.38. The average molecular weight is 585 g/mol. The van der Waals surface area contributed by atoms with Crippen LogP contribution in [0.25, 0.3) is 11.3 Å². The maximum Gasteiger partial charge on any atom is 0.264 e. The van der Waals surface area contributed by atoms with Crippen LogP contribution in [0.1, 0.15) is 32.7 Å². The number of aryl methyl sites for hydroxylation is 3. The molecule has 2 aliphatic heterocycles. The fourth-order valence-electron chi connectivity index (χ4n) is 5.54. The van der Waals surface area contributed by atoms with Crippen LogP contribution in [0.15, 0.2) is 71.8 Å². The second-order valence-corrected chi connectivity index (χ2v) is 12.5. The molecule has 2 aromatic heterocycles. The zero-order valence-electron chi connectivity index (χ0n) is 23.7. The first-order valence-electron chi connectivity index (χ1n) is 13.8. The number of aromatic nitrogens is 3. The summed E-state index contributed by atoms with van der Waals surface area (Å²) in [5.74, 6) is -0.126. The van der Waals surface area contributed by atoms with E-state index in [1.54, 1.807) is 23.1 Å². The Hall–Kier alpha value is -4.35. The van der Waals surface area contributed by atoms with Crippen molar-refractivity contribution >= 4 is 21.9 Å². The maximum absolute atomic E-state index is 13.8. The standard InChI is InChI=1S/C31H32N6O4S/c1-20-6-4-7-21(2)29(20)27-15-28-34-31(33-27)35-42(39,40)26-9-5-8-24(14-26)30(38)37-13-12-36(18-25(37)19-41-28)17-23-11-10-22(3)32-16-23/h4-11,14-16,25H,12-13,17-19H2,1-3H3,(H,33,34,35)/t25-/m1/s1. The molecule has 11 heteroatoms. The molecule has 1 N–H and O–H groups in total. The first-order valence-corrected chi connectivity index (χ1v) is 15.3. The van der Waals surface area contributed by atoms with Crippen LogP contribution in [0.2, 0.25) is 0 Å². The number of nitrogens with one attached hydrogen (secondary N) is 1. The third kappa shape index (κ3) is 5.70. The van der Waals surface area contributed by atoms with Gasteiger partial charge in [0.1, 0.15) is 6.61 Å². The molecule has 4 aromatic rings. The van der Waals surface area contributed by atoms with Crippen LogP contribution in [0, 0.1) is 20.8 Å². The molecule has 216 valence electrons. The summed E-state index contributed by atoms with van der Waals surface area (Å²) >= 11 is 0. The number of carbonyl (C=O) groups excluding carboxylic acids is 1. The molecule has 1 atom stereocenters. The molecule has 0 saturated carbocycles. The minimum Gasteiger partial charge on any atom is -0.475 e. The van der Waals surface area contributed by atoms with Gasteiger partial charge < -0.3 is 9.64 Å². The molecule has 0 unspecified atom stereocenters. The summed E-state index contributed by atoms with van der Waals surface area (Å²) in [4.78, 5) is 31.2. The van der Waals surface area contributed by atoms with Gasteiger partial charge in [-0.25, -0.2) is 18.1 Å². The lowest BCUT2D eigenvalue weighted by Gasteiger charge is -2.41. The van der Waals surface area contributed by atoms with E-state index in [0.29, 0.717) is 37.4 Å². The van der Waals surface area contributed by atoms with Gasteiger partial charge in [-0.15, -0.1) is 0 Å². The Morgan fingerprint density at radius 1 is 0.976 bits per heavy atom. The van der Waals surface area contributed by atoms with Crippen molar-refractivity contribution in [1.82, 2.24) is 24.8 Å². The van der Waals surface area contributed by atoms with Gasteiger partial charge in [0, 0.05) is 55.3 Å². The van der Waals surface area contributed by atoms with E-state index in [9.17, 15) is 13.2 Å². The molecule has 1 fully saturated rings. The topological polar surface area (TPSA) is 118 Å². The molecule has 0 spiro atoms. The number of anilines is 1. The van der Waals surface area contributed by atoms with Gasteiger partial charge in [0.2, 0.25) is 11.8 Å². The van der Waals surface area contributed by atoms with Crippen molar-refractivity contribution in [3.8, 4) is 17.1 Å². The van der Waals surface area contributed by atoms with Crippen molar-refractivity contribution in [3.05, 3.63) is 94.8 Å². The maximum atomic E-state index is 13.8. The van der Waals surface area contributed by atoms with Crippen LogP contribution in [-0.4, -0.2) is 71.4 Å². The SMILES string of the molecule is Cc1ccc(CN2CCN3C(=O)c4cccc(c4)S(=O)(=O)Nc4nc(cc(-c5c(C)cccc5C)n4)OC[C@H]3C2)cn1. The van der Waals surface area contributed by atoms with Gasteiger partial charge in [-0.05, 0) is 61.7 Å². The zero-order chi connectivity index (χ0) is 29.4. The number of sulfonamides is 1. The highest BCUT2D eigenvalue weighted by molar-refractivity contribution is 7.92.